The Balaban J connectivity index is 1.88. The number of amides is 1. The van der Waals surface area contributed by atoms with Crippen molar-refractivity contribution in [3.63, 3.8) is 0 Å². The molecule has 5 heteroatoms. The number of nitrogens with zero attached hydrogens (tertiary/aromatic N) is 2. The smallest absolute Gasteiger partial charge is 0.234 e. The first-order chi connectivity index (χ1) is 9.87. The molecular weight excluding hydrogens is 264 g/mol. The topological polar surface area (TPSA) is 59.0 Å². The maximum atomic E-state index is 11.8. The van der Waals surface area contributed by atoms with Gasteiger partial charge in [-0.1, -0.05) is 12.1 Å². The highest BCUT2D eigenvalue weighted by atomic mass is 16.1. The van der Waals surface area contributed by atoms with Gasteiger partial charge in [-0.15, -0.1) is 0 Å². The van der Waals surface area contributed by atoms with Crippen molar-refractivity contribution in [2.75, 3.05) is 13.1 Å². The van der Waals surface area contributed by atoms with Crippen LogP contribution < -0.4 is 10.6 Å². The summed E-state index contributed by atoms with van der Waals surface area (Å²) in [6, 6.07) is 8.05. The second-order valence-electron chi connectivity index (χ2n) is 6.25. The van der Waals surface area contributed by atoms with Gasteiger partial charge in [0.15, 0.2) is 0 Å². The Kier molecular flexibility index (Phi) is 4.63. The Morgan fingerprint density at radius 1 is 1.29 bits per heavy atom. The number of rotatable bonds is 5. The summed E-state index contributed by atoms with van der Waals surface area (Å²) in [4.78, 5) is 16.3. The van der Waals surface area contributed by atoms with Gasteiger partial charge in [0.2, 0.25) is 5.91 Å². The van der Waals surface area contributed by atoms with Crippen LogP contribution in [0.25, 0.3) is 11.0 Å². The highest BCUT2D eigenvalue weighted by Crippen LogP contribution is 2.14. The molecule has 0 radical (unpaired) electrons. The van der Waals surface area contributed by atoms with Crippen LogP contribution in [0.3, 0.4) is 0 Å². The van der Waals surface area contributed by atoms with Gasteiger partial charge in [-0.25, -0.2) is 4.98 Å². The van der Waals surface area contributed by atoms with Gasteiger partial charge in [0.25, 0.3) is 0 Å². The third-order valence-corrected chi connectivity index (χ3v) is 3.28. The second-order valence-corrected chi connectivity index (χ2v) is 6.25. The molecule has 0 atom stereocenters. The Bertz CT molecular complexity index is 625. The molecule has 0 saturated carbocycles. The molecule has 0 aliphatic carbocycles. The lowest BCUT2D eigenvalue weighted by molar-refractivity contribution is -0.120. The van der Waals surface area contributed by atoms with E-state index in [-0.39, 0.29) is 11.4 Å². The number of aromatic nitrogens is 2. The summed E-state index contributed by atoms with van der Waals surface area (Å²) in [6.07, 6.45) is 0. The molecule has 0 aliphatic heterocycles. The van der Waals surface area contributed by atoms with Crippen molar-refractivity contribution in [2.45, 2.75) is 39.8 Å². The minimum atomic E-state index is -0.0471. The molecule has 114 valence electrons. The zero-order chi connectivity index (χ0) is 15.5. The molecule has 0 spiro atoms. The Hall–Kier alpha value is -1.88. The number of fused-ring (bicyclic) bond motifs is 1. The Morgan fingerprint density at radius 2 is 2.00 bits per heavy atom. The third-order valence-electron chi connectivity index (χ3n) is 3.28. The molecule has 1 aromatic heterocycles. The van der Waals surface area contributed by atoms with Gasteiger partial charge in [-0.05, 0) is 39.8 Å². The average molecular weight is 288 g/mol. The molecule has 2 aromatic rings. The van der Waals surface area contributed by atoms with E-state index in [9.17, 15) is 4.79 Å². The number of aryl methyl sites for hydroxylation is 1. The van der Waals surface area contributed by atoms with Crippen molar-refractivity contribution in [3.05, 3.63) is 30.1 Å². The first-order valence-corrected chi connectivity index (χ1v) is 7.30. The van der Waals surface area contributed by atoms with Gasteiger partial charge in [-0.3, -0.25) is 4.79 Å². The van der Waals surface area contributed by atoms with Gasteiger partial charge in [0.1, 0.15) is 5.82 Å². The molecule has 0 unspecified atom stereocenters. The molecule has 0 bridgehead atoms. The van der Waals surface area contributed by atoms with E-state index in [1.54, 1.807) is 0 Å². The highest BCUT2D eigenvalue weighted by molar-refractivity contribution is 5.78. The molecular formula is C16H24N4O. The minimum absolute atomic E-state index is 0.0204. The van der Waals surface area contributed by atoms with E-state index < -0.39 is 0 Å². The Morgan fingerprint density at radius 3 is 2.71 bits per heavy atom. The maximum absolute atomic E-state index is 11.8. The van der Waals surface area contributed by atoms with Crippen molar-refractivity contribution in [1.29, 1.82) is 0 Å². The van der Waals surface area contributed by atoms with Crippen molar-refractivity contribution in [2.24, 2.45) is 0 Å². The number of para-hydroxylation sites is 2. The summed E-state index contributed by atoms with van der Waals surface area (Å²) in [7, 11) is 0. The summed E-state index contributed by atoms with van der Waals surface area (Å²) in [5.74, 6) is 0.991. The predicted octanol–water partition coefficient (Wildman–Crippen LogP) is 1.85. The standard InChI is InChI=1S/C16H24N4O/c1-12-19-13-7-5-6-8-14(13)20(12)10-9-17-15(21)11-18-16(2,3)4/h5-8,18H,9-11H2,1-4H3,(H,17,21). The normalized spacial score (nSPS) is 11.8. The summed E-state index contributed by atoms with van der Waals surface area (Å²) in [5, 5.41) is 6.11. The summed E-state index contributed by atoms with van der Waals surface area (Å²) >= 11 is 0. The van der Waals surface area contributed by atoms with E-state index in [4.69, 9.17) is 0 Å². The molecule has 5 nitrogen and oxygen atoms in total. The summed E-state index contributed by atoms with van der Waals surface area (Å²) < 4.78 is 2.13. The van der Waals surface area contributed by atoms with Crippen LogP contribution in [0.1, 0.15) is 26.6 Å². The molecule has 2 N–H and O–H groups in total. The first-order valence-electron chi connectivity index (χ1n) is 7.30. The van der Waals surface area contributed by atoms with E-state index in [2.05, 4.69) is 26.3 Å². The predicted molar refractivity (Wildman–Crippen MR) is 85.2 cm³/mol. The van der Waals surface area contributed by atoms with Crippen molar-refractivity contribution in [1.82, 2.24) is 20.2 Å². The molecule has 2 rings (SSSR count). The molecule has 0 saturated heterocycles. The average Bonchev–Trinajstić information content (AvgIpc) is 2.72. The van der Waals surface area contributed by atoms with E-state index in [0.717, 1.165) is 23.4 Å². The molecule has 1 heterocycles. The fourth-order valence-corrected chi connectivity index (χ4v) is 2.19. The lowest BCUT2D eigenvalue weighted by Gasteiger charge is -2.20. The van der Waals surface area contributed by atoms with Crippen molar-refractivity contribution in [3.8, 4) is 0 Å². The zero-order valence-electron chi connectivity index (χ0n) is 13.2. The van der Waals surface area contributed by atoms with Gasteiger partial charge in [0, 0.05) is 18.6 Å². The van der Waals surface area contributed by atoms with Crippen LogP contribution >= 0.6 is 0 Å². The number of imidazole rings is 1. The van der Waals surface area contributed by atoms with Crippen LogP contribution in [-0.4, -0.2) is 34.1 Å². The van der Waals surface area contributed by atoms with Crippen molar-refractivity contribution < 1.29 is 4.79 Å². The minimum Gasteiger partial charge on any atom is -0.353 e. The largest absolute Gasteiger partial charge is 0.353 e. The molecule has 0 fully saturated rings. The van der Waals surface area contributed by atoms with E-state index in [1.165, 1.54) is 0 Å². The molecule has 21 heavy (non-hydrogen) atoms. The fourth-order valence-electron chi connectivity index (χ4n) is 2.19. The molecule has 0 aliphatic rings. The summed E-state index contributed by atoms with van der Waals surface area (Å²) in [6.45, 7) is 9.79. The van der Waals surface area contributed by atoms with Crippen LogP contribution in [0, 0.1) is 6.92 Å². The fraction of sp³-hybridized carbons (Fsp3) is 0.500. The number of hydrogen-bond acceptors (Lipinski definition) is 3. The molecule has 1 aromatic carbocycles. The summed E-state index contributed by atoms with van der Waals surface area (Å²) in [5.41, 5.74) is 2.06. The van der Waals surface area contributed by atoms with Crippen LogP contribution in [-0.2, 0) is 11.3 Å². The second kappa shape index (κ2) is 6.26. The van der Waals surface area contributed by atoms with Crippen LogP contribution in [0.4, 0.5) is 0 Å². The highest BCUT2D eigenvalue weighted by Gasteiger charge is 2.11. The SMILES string of the molecule is Cc1nc2ccccc2n1CCNC(=O)CNC(C)(C)C. The third kappa shape index (κ3) is 4.29. The van der Waals surface area contributed by atoms with Gasteiger partial charge in [0.05, 0.1) is 17.6 Å². The van der Waals surface area contributed by atoms with Gasteiger partial charge < -0.3 is 15.2 Å². The quantitative estimate of drug-likeness (QED) is 0.883. The number of benzene rings is 1. The van der Waals surface area contributed by atoms with Crippen LogP contribution in [0.15, 0.2) is 24.3 Å². The lowest BCUT2D eigenvalue weighted by Crippen LogP contribution is -2.43. The van der Waals surface area contributed by atoms with E-state index >= 15 is 0 Å². The van der Waals surface area contributed by atoms with Gasteiger partial charge in [-0.2, -0.15) is 0 Å². The number of nitrogens with one attached hydrogen (secondary N) is 2. The lowest BCUT2D eigenvalue weighted by atomic mass is 10.1. The number of hydrogen-bond donors (Lipinski definition) is 2. The number of carbonyl (C=O) groups excluding carboxylic acids is 1. The first kappa shape index (κ1) is 15.5. The van der Waals surface area contributed by atoms with Crippen LogP contribution in [0.5, 0.6) is 0 Å². The maximum Gasteiger partial charge on any atom is 0.234 e. The number of carbonyl (C=O) groups is 1. The van der Waals surface area contributed by atoms with Crippen molar-refractivity contribution >= 4 is 16.9 Å². The Labute approximate surface area is 125 Å². The monoisotopic (exact) mass is 288 g/mol. The van der Waals surface area contributed by atoms with E-state index in [0.29, 0.717) is 13.1 Å². The molecule has 1 amide bonds. The van der Waals surface area contributed by atoms with Gasteiger partial charge >= 0.3 is 0 Å². The zero-order valence-corrected chi connectivity index (χ0v) is 13.2. The van der Waals surface area contributed by atoms with E-state index in [1.807, 2.05) is 45.9 Å². The van der Waals surface area contributed by atoms with Crippen LogP contribution in [0.2, 0.25) is 0 Å².